The van der Waals surface area contributed by atoms with Gasteiger partial charge in [0.1, 0.15) is 11.6 Å². The first-order valence-electron chi connectivity index (χ1n) is 8.49. The van der Waals surface area contributed by atoms with Crippen molar-refractivity contribution in [3.8, 4) is 0 Å². The Bertz CT molecular complexity index is 816. The molecule has 2 atom stereocenters. The lowest BCUT2D eigenvalue weighted by molar-refractivity contribution is -0.148. The predicted molar refractivity (Wildman–Crippen MR) is 97.0 cm³/mol. The second-order valence-corrected chi connectivity index (χ2v) is 6.74. The van der Waals surface area contributed by atoms with E-state index in [1.807, 2.05) is 12.1 Å². The molecule has 1 aliphatic heterocycles. The van der Waals surface area contributed by atoms with E-state index < -0.39 is 35.3 Å². The van der Waals surface area contributed by atoms with Crippen molar-refractivity contribution in [1.29, 1.82) is 0 Å². The average molecular weight is 368 g/mol. The summed E-state index contributed by atoms with van der Waals surface area (Å²) in [6.07, 6.45) is -0.334. The Balaban J connectivity index is 2.03. The number of carbonyl (C=O) groups is 3. The van der Waals surface area contributed by atoms with Crippen LogP contribution in [0.2, 0.25) is 0 Å². The van der Waals surface area contributed by atoms with Gasteiger partial charge in [-0.05, 0) is 11.1 Å². The number of nitrogens with zero attached hydrogens (tertiary/aromatic N) is 1. The molecule has 2 aromatic rings. The van der Waals surface area contributed by atoms with Crippen LogP contribution in [0.1, 0.15) is 23.5 Å². The molecule has 0 saturated carbocycles. The summed E-state index contributed by atoms with van der Waals surface area (Å²) in [5, 5.41) is 18.9. The fourth-order valence-corrected chi connectivity index (χ4v) is 3.48. The van der Waals surface area contributed by atoms with Crippen LogP contribution in [-0.2, 0) is 14.4 Å². The van der Waals surface area contributed by atoms with Crippen molar-refractivity contribution < 1.29 is 24.6 Å². The van der Waals surface area contributed by atoms with Crippen LogP contribution in [-0.4, -0.2) is 51.1 Å². The minimum absolute atomic E-state index is 0.334. The summed E-state index contributed by atoms with van der Waals surface area (Å²) < 4.78 is 0. The normalized spacial score (nSPS) is 22.0. The number of benzene rings is 2. The van der Waals surface area contributed by atoms with Crippen molar-refractivity contribution in [3.63, 3.8) is 0 Å². The predicted octanol–water partition coefficient (Wildman–Crippen LogP) is 1.29. The number of carbonyl (C=O) groups excluding carboxylic acids is 1. The number of carboxylic acid groups (broad SMARTS) is 2. The number of likely N-dealkylation sites (tertiary alicyclic amines) is 1. The number of nitrogens with two attached hydrogens (primary N) is 1. The smallest absolute Gasteiger partial charge is 0.326 e. The van der Waals surface area contributed by atoms with Crippen molar-refractivity contribution in [2.24, 2.45) is 5.73 Å². The minimum atomic E-state index is -1.78. The maximum Gasteiger partial charge on any atom is 0.326 e. The monoisotopic (exact) mass is 368 g/mol. The van der Waals surface area contributed by atoms with Crippen LogP contribution in [0.25, 0.3) is 0 Å². The highest BCUT2D eigenvalue weighted by atomic mass is 16.4. The highest BCUT2D eigenvalue weighted by molar-refractivity contribution is 5.93. The van der Waals surface area contributed by atoms with Crippen LogP contribution in [0.15, 0.2) is 60.7 Å². The van der Waals surface area contributed by atoms with Gasteiger partial charge in [-0.15, -0.1) is 0 Å². The number of aliphatic carboxylic acids is 2. The van der Waals surface area contributed by atoms with E-state index in [9.17, 15) is 24.6 Å². The zero-order chi connectivity index (χ0) is 19.6. The molecular formula is C20H20N2O5. The third-order valence-electron chi connectivity index (χ3n) is 4.89. The highest BCUT2D eigenvalue weighted by Gasteiger charge is 2.52. The van der Waals surface area contributed by atoms with Crippen LogP contribution in [0.5, 0.6) is 0 Å². The quantitative estimate of drug-likeness (QED) is 0.731. The van der Waals surface area contributed by atoms with Gasteiger partial charge in [-0.3, -0.25) is 9.59 Å². The number of hydrogen-bond acceptors (Lipinski definition) is 4. The van der Waals surface area contributed by atoms with Gasteiger partial charge in [0, 0.05) is 6.42 Å². The van der Waals surface area contributed by atoms with E-state index in [0.29, 0.717) is 11.1 Å². The zero-order valence-electron chi connectivity index (χ0n) is 14.5. The topological polar surface area (TPSA) is 121 Å². The first-order valence-corrected chi connectivity index (χ1v) is 8.49. The summed E-state index contributed by atoms with van der Waals surface area (Å²) in [5.74, 6) is -3.81. The molecule has 0 aliphatic carbocycles. The van der Waals surface area contributed by atoms with E-state index in [1.54, 1.807) is 48.5 Å². The van der Waals surface area contributed by atoms with Crippen LogP contribution < -0.4 is 5.73 Å². The molecule has 1 fully saturated rings. The SMILES string of the molecule is NC1(C(=O)O)CC(C(=O)O)N(C(=O)C(c2ccccc2)c2ccccc2)C1. The zero-order valence-corrected chi connectivity index (χ0v) is 14.5. The molecule has 4 N–H and O–H groups in total. The lowest BCUT2D eigenvalue weighted by atomic mass is 9.90. The molecule has 2 unspecified atom stereocenters. The number of amides is 1. The van der Waals surface area contributed by atoms with Crippen LogP contribution in [0.3, 0.4) is 0 Å². The molecule has 1 aliphatic rings. The molecule has 2 aromatic carbocycles. The molecule has 0 aromatic heterocycles. The van der Waals surface area contributed by atoms with Gasteiger partial charge in [-0.2, -0.15) is 0 Å². The lowest BCUT2D eigenvalue weighted by Gasteiger charge is -2.27. The molecule has 0 radical (unpaired) electrons. The van der Waals surface area contributed by atoms with Crippen LogP contribution in [0.4, 0.5) is 0 Å². The average Bonchev–Trinajstić information content (AvgIpc) is 3.03. The number of hydrogen-bond donors (Lipinski definition) is 3. The van der Waals surface area contributed by atoms with E-state index >= 15 is 0 Å². The second kappa shape index (κ2) is 7.20. The van der Waals surface area contributed by atoms with Crippen LogP contribution in [0, 0.1) is 0 Å². The highest BCUT2D eigenvalue weighted by Crippen LogP contribution is 2.33. The molecule has 0 bridgehead atoms. The Morgan fingerprint density at radius 2 is 1.44 bits per heavy atom. The van der Waals surface area contributed by atoms with E-state index in [-0.39, 0.29) is 13.0 Å². The minimum Gasteiger partial charge on any atom is -0.480 e. The summed E-state index contributed by atoms with van der Waals surface area (Å²) >= 11 is 0. The van der Waals surface area contributed by atoms with Gasteiger partial charge in [-0.25, -0.2) is 4.79 Å². The summed E-state index contributed by atoms with van der Waals surface area (Å²) in [6.45, 7) is -0.353. The summed E-state index contributed by atoms with van der Waals surface area (Å²) in [5.41, 5.74) is 5.49. The molecule has 1 saturated heterocycles. The molecule has 140 valence electrons. The van der Waals surface area contributed by atoms with Crippen molar-refractivity contribution in [2.75, 3.05) is 6.54 Å². The fraction of sp³-hybridized carbons (Fsp3) is 0.250. The van der Waals surface area contributed by atoms with Gasteiger partial charge in [0.15, 0.2) is 0 Å². The molecule has 27 heavy (non-hydrogen) atoms. The molecular weight excluding hydrogens is 348 g/mol. The Morgan fingerprint density at radius 1 is 0.963 bits per heavy atom. The Labute approximate surface area is 156 Å². The maximum atomic E-state index is 13.4. The van der Waals surface area contributed by atoms with Gasteiger partial charge < -0.3 is 20.8 Å². The first-order chi connectivity index (χ1) is 12.8. The standard InChI is InChI=1S/C20H20N2O5/c21-20(19(26)27)11-15(18(24)25)22(12-20)17(23)16(13-7-3-1-4-8-13)14-9-5-2-6-10-14/h1-10,15-16H,11-12,21H2,(H,24,25)(H,26,27). The van der Waals surface area contributed by atoms with Gasteiger partial charge >= 0.3 is 11.9 Å². The van der Waals surface area contributed by atoms with Gasteiger partial charge in [-0.1, -0.05) is 60.7 Å². The van der Waals surface area contributed by atoms with Crippen LogP contribution >= 0.6 is 0 Å². The fourth-order valence-electron chi connectivity index (χ4n) is 3.48. The third kappa shape index (κ3) is 3.54. The van der Waals surface area contributed by atoms with Crippen molar-refractivity contribution in [1.82, 2.24) is 4.90 Å². The summed E-state index contributed by atoms with van der Waals surface area (Å²) in [7, 11) is 0. The van der Waals surface area contributed by atoms with Crippen molar-refractivity contribution in [3.05, 3.63) is 71.8 Å². The number of carboxylic acids is 2. The Kier molecular flexibility index (Phi) is 4.96. The molecule has 1 heterocycles. The van der Waals surface area contributed by atoms with E-state index in [4.69, 9.17) is 5.73 Å². The lowest BCUT2D eigenvalue weighted by Crippen LogP contribution is -2.51. The van der Waals surface area contributed by atoms with Crippen molar-refractivity contribution >= 4 is 17.8 Å². The number of rotatable bonds is 5. The maximum absolute atomic E-state index is 13.4. The molecule has 1 amide bonds. The van der Waals surface area contributed by atoms with E-state index in [1.165, 1.54) is 0 Å². The summed E-state index contributed by atoms with van der Waals surface area (Å²) in [4.78, 5) is 37.7. The summed E-state index contributed by atoms with van der Waals surface area (Å²) in [6, 6.07) is 16.7. The Morgan fingerprint density at radius 3 is 1.85 bits per heavy atom. The molecule has 3 rings (SSSR count). The Hall–Kier alpha value is -3.19. The van der Waals surface area contributed by atoms with E-state index in [0.717, 1.165) is 4.90 Å². The second-order valence-electron chi connectivity index (χ2n) is 6.74. The molecule has 0 spiro atoms. The first kappa shape index (κ1) is 18.6. The molecule has 7 heteroatoms. The largest absolute Gasteiger partial charge is 0.480 e. The third-order valence-corrected chi connectivity index (χ3v) is 4.89. The van der Waals surface area contributed by atoms with Gasteiger partial charge in [0.05, 0.1) is 12.5 Å². The van der Waals surface area contributed by atoms with Gasteiger partial charge in [0.25, 0.3) is 0 Å². The van der Waals surface area contributed by atoms with Crippen molar-refractivity contribution in [2.45, 2.75) is 23.9 Å². The van der Waals surface area contributed by atoms with Gasteiger partial charge in [0.2, 0.25) is 5.91 Å². The van der Waals surface area contributed by atoms with E-state index in [2.05, 4.69) is 0 Å². The molecule has 7 nitrogen and oxygen atoms in total.